The lowest BCUT2D eigenvalue weighted by molar-refractivity contribution is 0.184. The van der Waals surface area contributed by atoms with Crippen LogP contribution in [0.4, 0.5) is 0 Å². The molecular weight excluding hydrogens is 304 g/mol. The molecule has 3 heteroatoms. The molecule has 0 bridgehead atoms. The van der Waals surface area contributed by atoms with E-state index in [4.69, 9.17) is 9.84 Å². The first-order chi connectivity index (χ1) is 10.4. The molecular formula is C20H36O2S. The second-order valence-corrected chi connectivity index (χ2v) is 10.3. The number of thiol groups is 1. The van der Waals surface area contributed by atoms with E-state index in [9.17, 15) is 0 Å². The van der Waals surface area contributed by atoms with Crippen LogP contribution in [0.5, 0.6) is 0 Å². The molecule has 1 unspecified atom stereocenters. The minimum Gasteiger partial charge on any atom is -0.492 e. The van der Waals surface area contributed by atoms with Crippen molar-refractivity contribution >= 4 is 12.6 Å². The van der Waals surface area contributed by atoms with Crippen molar-refractivity contribution in [3.8, 4) is 0 Å². The third-order valence-corrected chi connectivity index (χ3v) is 4.94. The maximum atomic E-state index is 7.00. The fraction of sp³-hybridized carbons (Fsp3) is 0.800. The summed E-state index contributed by atoms with van der Waals surface area (Å²) in [5.41, 5.74) is 3.29. The van der Waals surface area contributed by atoms with E-state index in [1.165, 1.54) is 23.3 Å². The van der Waals surface area contributed by atoms with Crippen LogP contribution >= 0.6 is 12.6 Å². The van der Waals surface area contributed by atoms with Crippen molar-refractivity contribution in [2.75, 3.05) is 13.7 Å². The van der Waals surface area contributed by atoms with E-state index >= 15 is 0 Å². The summed E-state index contributed by atoms with van der Waals surface area (Å²) >= 11 is 4.69. The van der Waals surface area contributed by atoms with E-state index in [0.29, 0.717) is 5.92 Å². The highest BCUT2D eigenvalue weighted by Crippen LogP contribution is 2.50. The van der Waals surface area contributed by atoms with Gasteiger partial charge in [0.15, 0.2) is 0 Å². The van der Waals surface area contributed by atoms with E-state index in [2.05, 4.69) is 67.2 Å². The Balaban J connectivity index is 0.00000127. The van der Waals surface area contributed by atoms with Crippen LogP contribution in [0, 0.1) is 16.7 Å². The van der Waals surface area contributed by atoms with Gasteiger partial charge in [0.2, 0.25) is 0 Å². The van der Waals surface area contributed by atoms with Crippen LogP contribution in [0.2, 0.25) is 0 Å². The Kier molecular flexibility index (Phi) is 6.48. The molecule has 0 aromatic heterocycles. The van der Waals surface area contributed by atoms with E-state index < -0.39 is 0 Å². The third-order valence-electron chi connectivity index (χ3n) is 4.72. The van der Waals surface area contributed by atoms with Gasteiger partial charge in [0.05, 0.1) is 6.61 Å². The highest BCUT2D eigenvalue weighted by Gasteiger charge is 2.41. The number of hydrogen-bond acceptors (Lipinski definition) is 3. The molecule has 0 saturated carbocycles. The topological polar surface area (TPSA) is 29.5 Å². The molecule has 134 valence electrons. The molecule has 2 aliphatic rings. The summed E-state index contributed by atoms with van der Waals surface area (Å²) in [6, 6.07) is 0. The van der Waals surface area contributed by atoms with E-state index in [0.717, 1.165) is 26.6 Å². The van der Waals surface area contributed by atoms with Gasteiger partial charge in [-0.05, 0) is 41.7 Å². The molecule has 1 heterocycles. The lowest BCUT2D eigenvalue weighted by atomic mass is 9.71. The zero-order valence-electron chi connectivity index (χ0n) is 16.3. The second-order valence-electron chi connectivity index (χ2n) is 9.13. The summed E-state index contributed by atoms with van der Waals surface area (Å²) in [6.07, 6.45) is 6.01. The Morgan fingerprint density at radius 2 is 1.78 bits per heavy atom. The van der Waals surface area contributed by atoms with Crippen molar-refractivity contribution in [1.82, 2.24) is 0 Å². The van der Waals surface area contributed by atoms with Crippen LogP contribution in [0.25, 0.3) is 0 Å². The van der Waals surface area contributed by atoms with Gasteiger partial charge < -0.3 is 9.84 Å². The number of aliphatic hydroxyl groups excluding tert-OH is 1. The van der Waals surface area contributed by atoms with Gasteiger partial charge in [-0.3, -0.25) is 0 Å². The minimum absolute atomic E-state index is 0.117. The summed E-state index contributed by atoms with van der Waals surface area (Å²) < 4.78 is 6.22. The Morgan fingerprint density at radius 3 is 2.26 bits per heavy atom. The monoisotopic (exact) mass is 340 g/mol. The standard InChI is InChI=1S/C19H32OS.CH4O/c1-17(2,3)14-10-13(8-9-19(6,7)21)11-15-16(14)20-12-18(15,4)5;1-2/h10,13,21H,8-9,11-12H2,1-7H3;2H,1H3. The average Bonchev–Trinajstić information content (AvgIpc) is 2.72. The summed E-state index contributed by atoms with van der Waals surface area (Å²) in [6.45, 7) is 16.8. The first kappa shape index (κ1) is 20.6. The normalized spacial score (nSPS) is 23.6. The number of ether oxygens (including phenoxy) is 1. The first-order valence-electron chi connectivity index (χ1n) is 8.66. The molecule has 0 saturated heterocycles. The van der Waals surface area contributed by atoms with Crippen LogP contribution in [-0.2, 0) is 4.74 Å². The van der Waals surface area contributed by atoms with Crippen molar-refractivity contribution in [1.29, 1.82) is 0 Å². The van der Waals surface area contributed by atoms with Gasteiger partial charge >= 0.3 is 0 Å². The summed E-state index contributed by atoms with van der Waals surface area (Å²) in [7, 11) is 1.00. The van der Waals surface area contributed by atoms with Gasteiger partial charge in [-0.25, -0.2) is 0 Å². The molecule has 1 N–H and O–H groups in total. The molecule has 2 rings (SSSR count). The summed E-state index contributed by atoms with van der Waals surface area (Å²) in [5, 5.41) is 7.00. The van der Waals surface area contributed by atoms with E-state index in [1.54, 1.807) is 0 Å². The lowest BCUT2D eigenvalue weighted by Gasteiger charge is -2.33. The van der Waals surface area contributed by atoms with Crippen LogP contribution < -0.4 is 0 Å². The fourth-order valence-corrected chi connectivity index (χ4v) is 3.42. The minimum atomic E-state index is 0.117. The van der Waals surface area contributed by atoms with Crippen molar-refractivity contribution in [3.05, 3.63) is 23.0 Å². The van der Waals surface area contributed by atoms with Gasteiger partial charge in [0.1, 0.15) is 5.76 Å². The van der Waals surface area contributed by atoms with Gasteiger partial charge in [0, 0.05) is 17.3 Å². The van der Waals surface area contributed by atoms with Crippen LogP contribution in [-0.4, -0.2) is 23.6 Å². The van der Waals surface area contributed by atoms with Gasteiger partial charge in [-0.1, -0.05) is 54.5 Å². The predicted octanol–water partition coefficient (Wildman–Crippen LogP) is 5.39. The SMILES string of the molecule is CC(C)(S)CCC1C=C(C(C)(C)C)C2=C(C1)C(C)(C)CO2.CO. The van der Waals surface area contributed by atoms with Gasteiger partial charge in [-0.2, -0.15) is 12.6 Å². The number of rotatable bonds is 3. The Labute approximate surface area is 148 Å². The van der Waals surface area contributed by atoms with Crippen LogP contribution in [0.15, 0.2) is 23.0 Å². The van der Waals surface area contributed by atoms with Crippen LogP contribution in [0.3, 0.4) is 0 Å². The number of hydrogen-bond donors (Lipinski definition) is 2. The van der Waals surface area contributed by atoms with Crippen molar-refractivity contribution < 1.29 is 9.84 Å². The quantitative estimate of drug-likeness (QED) is 0.675. The van der Waals surface area contributed by atoms with Crippen LogP contribution in [0.1, 0.15) is 67.7 Å². The predicted molar refractivity (Wildman–Crippen MR) is 103 cm³/mol. The Hall–Kier alpha value is -0.410. The molecule has 0 spiro atoms. The largest absolute Gasteiger partial charge is 0.492 e. The highest BCUT2D eigenvalue weighted by atomic mass is 32.1. The Morgan fingerprint density at radius 1 is 1.22 bits per heavy atom. The average molecular weight is 341 g/mol. The number of aliphatic hydroxyl groups is 1. The maximum Gasteiger partial charge on any atom is 0.122 e. The van der Waals surface area contributed by atoms with Crippen molar-refractivity contribution in [2.24, 2.45) is 16.7 Å². The molecule has 2 nitrogen and oxygen atoms in total. The Bertz CT molecular complexity index is 473. The smallest absolute Gasteiger partial charge is 0.122 e. The summed E-state index contributed by atoms with van der Waals surface area (Å²) in [5.74, 6) is 1.83. The molecule has 1 aliphatic heterocycles. The zero-order valence-corrected chi connectivity index (χ0v) is 17.2. The molecule has 23 heavy (non-hydrogen) atoms. The molecule has 0 fully saturated rings. The van der Waals surface area contributed by atoms with Crippen molar-refractivity contribution in [3.63, 3.8) is 0 Å². The lowest BCUT2D eigenvalue weighted by Crippen LogP contribution is -2.23. The molecule has 1 atom stereocenters. The third kappa shape index (κ3) is 5.29. The molecule has 0 aromatic rings. The van der Waals surface area contributed by atoms with Gasteiger partial charge in [0.25, 0.3) is 0 Å². The van der Waals surface area contributed by atoms with E-state index in [1.807, 2.05) is 0 Å². The zero-order chi connectivity index (χ0) is 18.1. The van der Waals surface area contributed by atoms with Gasteiger partial charge in [-0.15, -0.1) is 0 Å². The number of allylic oxidation sites excluding steroid dienone is 2. The van der Waals surface area contributed by atoms with Crippen molar-refractivity contribution in [2.45, 2.75) is 72.5 Å². The maximum absolute atomic E-state index is 7.00. The fourth-order valence-electron chi connectivity index (χ4n) is 3.29. The highest BCUT2D eigenvalue weighted by molar-refractivity contribution is 7.81. The molecule has 1 aliphatic carbocycles. The first-order valence-corrected chi connectivity index (χ1v) is 9.11. The molecule has 0 amide bonds. The molecule has 0 aromatic carbocycles. The van der Waals surface area contributed by atoms with E-state index in [-0.39, 0.29) is 15.6 Å². The molecule has 0 radical (unpaired) electrons. The summed E-state index contributed by atoms with van der Waals surface area (Å²) in [4.78, 5) is 0. The second kappa shape index (κ2) is 7.23.